The number of aliphatic hydroxyl groups excluding tert-OH is 2. The lowest BCUT2D eigenvalue weighted by Crippen LogP contribution is -2.20. The summed E-state index contributed by atoms with van der Waals surface area (Å²) in [5.74, 6) is -0.0366. The van der Waals surface area contributed by atoms with Crippen LogP contribution in [0.3, 0.4) is 0 Å². The lowest BCUT2D eigenvalue weighted by molar-refractivity contribution is -0.0486. The number of anilines is 1. The zero-order valence-electron chi connectivity index (χ0n) is 9.85. The molecule has 3 rings (SSSR count). The van der Waals surface area contributed by atoms with E-state index in [-0.39, 0.29) is 23.7 Å². The molecule has 2 aromatic rings. The summed E-state index contributed by atoms with van der Waals surface area (Å²) in [5.41, 5.74) is 5.40. The average Bonchev–Trinajstić information content (AvgIpc) is 2.92. The molecule has 0 aromatic carbocycles. The SMILES string of the molecule is Nc1nc2c(ncn2[C@@H]2O[C@@H](CO)C[C@@H]2O)c(=O)[nH]1. The fourth-order valence-corrected chi connectivity index (χ4v) is 2.23. The molecule has 1 aliphatic rings. The molecular formula is C10H13N5O4. The Hall–Kier alpha value is -1.97. The van der Waals surface area contributed by atoms with E-state index in [1.165, 1.54) is 10.9 Å². The van der Waals surface area contributed by atoms with Crippen molar-refractivity contribution >= 4 is 17.1 Å². The van der Waals surface area contributed by atoms with E-state index < -0.39 is 24.0 Å². The van der Waals surface area contributed by atoms with Gasteiger partial charge in [0.2, 0.25) is 5.95 Å². The Morgan fingerprint density at radius 2 is 2.42 bits per heavy atom. The predicted molar refractivity (Wildman–Crippen MR) is 64.2 cm³/mol. The minimum absolute atomic E-state index is 0.0366. The Bertz CT molecular complexity index is 665. The highest BCUT2D eigenvalue weighted by Gasteiger charge is 2.35. The molecule has 3 heterocycles. The van der Waals surface area contributed by atoms with Crippen LogP contribution in [0.1, 0.15) is 12.6 Å². The van der Waals surface area contributed by atoms with E-state index in [0.717, 1.165) is 0 Å². The normalized spacial score (nSPS) is 27.2. The first-order valence-electron chi connectivity index (χ1n) is 5.77. The van der Waals surface area contributed by atoms with Gasteiger partial charge in [0.15, 0.2) is 17.4 Å². The smallest absolute Gasteiger partial charge is 0.280 e. The molecule has 0 aliphatic carbocycles. The molecule has 9 heteroatoms. The monoisotopic (exact) mass is 267 g/mol. The van der Waals surface area contributed by atoms with Crippen molar-refractivity contribution in [3.63, 3.8) is 0 Å². The van der Waals surface area contributed by atoms with Crippen LogP contribution in [-0.2, 0) is 4.74 Å². The third-order valence-corrected chi connectivity index (χ3v) is 3.09. The number of nitrogens with zero attached hydrogens (tertiary/aromatic N) is 3. The molecule has 0 radical (unpaired) electrons. The summed E-state index contributed by atoms with van der Waals surface area (Å²) in [6.07, 6.45) is -0.330. The number of nitrogen functional groups attached to an aromatic ring is 1. The Morgan fingerprint density at radius 3 is 3.11 bits per heavy atom. The summed E-state index contributed by atoms with van der Waals surface area (Å²) in [6.45, 7) is -0.184. The summed E-state index contributed by atoms with van der Waals surface area (Å²) in [6, 6.07) is 0. The van der Waals surface area contributed by atoms with E-state index in [9.17, 15) is 9.90 Å². The van der Waals surface area contributed by atoms with Crippen LogP contribution in [0.15, 0.2) is 11.1 Å². The van der Waals surface area contributed by atoms with E-state index >= 15 is 0 Å². The third-order valence-electron chi connectivity index (χ3n) is 3.09. The van der Waals surface area contributed by atoms with E-state index in [0.29, 0.717) is 6.42 Å². The van der Waals surface area contributed by atoms with Gasteiger partial charge < -0.3 is 20.7 Å². The molecular weight excluding hydrogens is 254 g/mol. The lowest BCUT2D eigenvalue weighted by atomic mass is 10.2. The summed E-state index contributed by atoms with van der Waals surface area (Å²) in [4.78, 5) is 21.9. The maximum absolute atomic E-state index is 11.6. The van der Waals surface area contributed by atoms with Gasteiger partial charge in [0.05, 0.1) is 19.0 Å². The number of hydrogen-bond acceptors (Lipinski definition) is 7. The quantitative estimate of drug-likeness (QED) is 0.510. The number of hydrogen-bond donors (Lipinski definition) is 4. The fourth-order valence-electron chi connectivity index (χ4n) is 2.23. The Morgan fingerprint density at radius 1 is 1.63 bits per heavy atom. The summed E-state index contributed by atoms with van der Waals surface area (Å²) < 4.78 is 6.93. The standard InChI is InChI=1S/C10H13N5O4/c11-10-13-7-6(8(18)14-10)12-3-15(7)9-5(17)1-4(2-16)19-9/h3-5,9,16-17H,1-2H2,(H3,11,13,14,18)/t4-,5+,9-/m1/s1. The van der Waals surface area contributed by atoms with Crippen molar-refractivity contribution in [3.05, 3.63) is 16.7 Å². The van der Waals surface area contributed by atoms with Crippen molar-refractivity contribution in [1.29, 1.82) is 0 Å². The Labute approximate surface area is 106 Å². The lowest BCUT2D eigenvalue weighted by Gasteiger charge is -2.16. The van der Waals surface area contributed by atoms with Crippen LogP contribution in [0.25, 0.3) is 11.2 Å². The van der Waals surface area contributed by atoms with Gasteiger partial charge in [-0.1, -0.05) is 0 Å². The van der Waals surface area contributed by atoms with Crippen LogP contribution >= 0.6 is 0 Å². The first-order chi connectivity index (χ1) is 9.10. The van der Waals surface area contributed by atoms with Gasteiger partial charge in [-0.15, -0.1) is 0 Å². The number of nitrogens with one attached hydrogen (secondary N) is 1. The maximum atomic E-state index is 11.6. The van der Waals surface area contributed by atoms with Gasteiger partial charge in [-0.25, -0.2) is 4.98 Å². The zero-order valence-corrected chi connectivity index (χ0v) is 9.85. The average molecular weight is 267 g/mol. The van der Waals surface area contributed by atoms with Gasteiger partial charge in [-0.2, -0.15) is 4.98 Å². The van der Waals surface area contributed by atoms with Crippen LogP contribution < -0.4 is 11.3 Å². The second kappa shape index (κ2) is 4.30. The van der Waals surface area contributed by atoms with Gasteiger partial charge in [-0.05, 0) is 0 Å². The van der Waals surface area contributed by atoms with Crippen molar-refractivity contribution in [3.8, 4) is 0 Å². The molecule has 1 saturated heterocycles. The van der Waals surface area contributed by atoms with E-state index in [4.69, 9.17) is 15.6 Å². The topological polar surface area (TPSA) is 139 Å². The molecule has 9 nitrogen and oxygen atoms in total. The van der Waals surface area contributed by atoms with E-state index in [1.54, 1.807) is 0 Å². The van der Waals surface area contributed by atoms with E-state index in [1.807, 2.05) is 0 Å². The highest BCUT2D eigenvalue weighted by Crippen LogP contribution is 2.30. The third kappa shape index (κ3) is 1.87. The van der Waals surface area contributed by atoms with E-state index in [2.05, 4.69) is 15.0 Å². The Balaban J connectivity index is 2.09. The van der Waals surface area contributed by atoms with Crippen LogP contribution in [0.5, 0.6) is 0 Å². The number of aromatic amines is 1. The molecule has 19 heavy (non-hydrogen) atoms. The van der Waals surface area contributed by atoms with Crippen molar-refractivity contribution in [2.45, 2.75) is 24.9 Å². The first-order valence-corrected chi connectivity index (χ1v) is 5.77. The van der Waals surface area contributed by atoms with Crippen molar-refractivity contribution < 1.29 is 14.9 Å². The second-order valence-electron chi connectivity index (χ2n) is 4.41. The first kappa shape index (κ1) is 12.1. The number of ether oxygens (including phenoxy) is 1. The molecule has 0 bridgehead atoms. The molecule has 0 unspecified atom stereocenters. The highest BCUT2D eigenvalue weighted by atomic mass is 16.5. The molecule has 5 N–H and O–H groups in total. The van der Waals surface area contributed by atoms with Gasteiger partial charge in [0, 0.05) is 6.42 Å². The molecule has 2 aromatic heterocycles. The molecule has 102 valence electrons. The second-order valence-corrected chi connectivity index (χ2v) is 4.41. The van der Waals surface area contributed by atoms with Crippen LogP contribution in [-0.4, -0.2) is 48.5 Å². The summed E-state index contributed by atoms with van der Waals surface area (Å²) in [5, 5.41) is 19.0. The minimum atomic E-state index is -0.808. The Kier molecular flexibility index (Phi) is 2.73. The van der Waals surface area contributed by atoms with Crippen molar-refractivity contribution in [1.82, 2.24) is 19.5 Å². The van der Waals surface area contributed by atoms with Crippen molar-refractivity contribution in [2.75, 3.05) is 12.3 Å². The number of fused-ring (bicyclic) bond motifs is 1. The zero-order chi connectivity index (χ0) is 13.6. The molecule has 1 fully saturated rings. The van der Waals surface area contributed by atoms with Crippen LogP contribution in [0.2, 0.25) is 0 Å². The molecule has 0 saturated carbocycles. The highest BCUT2D eigenvalue weighted by molar-refractivity contribution is 5.70. The molecule has 1 aliphatic heterocycles. The predicted octanol–water partition coefficient (Wildman–Crippen LogP) is -1.66. The fraction of sp³-hybridized carbons (Fsp3) is 0.500. The van der Waals surface area contributed by atoms with Crippen LogP contribution in [0, 0.1) is 0 Å². The van der Waals surface area contributed by atoms with Gasteiger partial charge in [-0.3, -0.25) is 14.3 Å². The van der Waals surface area contributed by atoms with Gasteiger partial charge in [0.1, 0.15) is 6.10 Å². The number of nitrogens with two attached hydrogens (primary N) is 1. The van der Waals surface area contributed by atoms with Gasteiger partial charge in [0.25, 0.3) is 5.56 Å². The molecule has 3 atom stereocenters. The number of imidazole rings is 1. The minimum Gasteiger partial charge on any atom is -0.394 e. The largest absolute Gasteiger partial charge is 0.394 e. The van der Waals surface area contributed by atoms with Crippen LogP contribution in [0.4, 0.5) is 5.95 Å². The number of aliphatic hydroxyl groups is 2. The number of H-pyrrole nitrogens is 1. The van der Waals surface area contributed by atoms with Crippen molar-refractivity contribution in [2.24, 2.45) is 0 Å². The summed E-state index contributed by atoms with van der Waals surface area (Å²) in [7, 11) is 0. The molecule has 0 spiro atoms. The molecule has 0 amide bonds. The van der Waals surface area contributed by atoms with Gasteiger partial charge >= 0.3 is 0 Å². The summed E-state index contributed by atoms with van der Waals surface area (Å²) >= 11 is 0. The number of aromatic nitrogens is 4. The maximum Gasteiger partial charge on any atom is 0.280 e. The number of rotatable bonds is 2.